The molecule has 0 aliphatic rings. The number of carbonyl (C=O) groups excluding carboxylic acids is 1. The van der Waals surface area contributed by atoms with Gasteiger partial charge in [0.15, 0.2) is 17.0 Å². The number of hydrogen-bond donors (Lipinski definition) is 1. The Kier molecular flexibility index (Phi) is 7.95. The Morgan fingerprint density at radius 1 is 0.868 bits per heavy atom. The lowest BCUT2D eigenvalue weighted by atomic mass is 10.1. The number of aryl methyl sites for hydroxylation is 1. The molecule has 2 aromatic heterocycles. The summed E-state index contributed by atoms with van der Waals surface area (Å²) < 4.78 is 23.5. The number of carbonyl (C=O) groups is 1. The number of amides is 1. The van der Waals surface area contributed by atoms with E-state index in [1.54, 1.807) is 49.6 Å². The van der Waals surface area contributed by atoms with Crippen LogP contribution in [0.4, 0.5) is 5.69 Å². The van der Waals surface area contributed by atoms with Crippen LogP contribution in [0.15, 0.2) is 64.3 Å². The second-order valence-electron chi connectivity index (χ2n) is 8.25. The molecule has 0 unspecified atom stereocenters. The predicted octanol–water partition coefficient (Wildman–Crippen LogP) is 2.47. The molecule has 0 radical (unpaired) electrons. The average molecular weight is 521 g/mol. The molecule has 0 saturated heterocycles. The van der Waals surface area contributed by atoms with Crippen LogP contribution in [-0.4, -0.2) is 48.5 Å². The van der Waals surface area contributed by atoms with Crippen LogP contribution in [0, 0.1) is 0 Å². The molecule has 198 valence electrons. The Bertz CT molecular complexity index is 1590. The number of benzene rings is 2. The third-order valence-corrected chi connectivity index (χ3v) is 6.04. The molecule has 4 aromatic rings. The molecule has 1 N–H and O–H groups in total. The number of anilines is 1. The first kappa shape index (κ1) is 26.3. The summed E-state index contributed by atoms with van der Waals surface area (Å²) >= 11 is 0. The van der Waals surface area contributed by atoms with Crippen LogP contribution in [0.1, 0.15) is 5.56 Å². The van der Waals surface area contributed by atoms with Gasteiger partial charge in [-0.2, -0.15) is 0 Å². The Labute approximate surface area is 218 Å². The van der Waals surface area contributed by atoms with Crippen molar-refractivity contribution in [3.8, 4) is 23.0 Å². The minimum Gasteiger partial charge on any atom is -0.497 e. The van der Waals surface area contributed by atoms with E-state index in [1.165, 1.54) is 32.1 Å². The smallest absolute Gasteiger partial charge is 0.332 e. The van der Waals surface area contributed by atoms with Crippen LogP contribution in [0.5, 0.6) is 23.0 Å². The van der Waals surface area contributed by atoms with E-state index in [0.717, 1.165) is 10.1 Å². The molecule has 11 nitrogen and oxygen atoms in total. The number of nitrogens with one attached hydrogen (secondary N) is 1. The number of nitrogens with zero attached hydrogens (tertiary/aromatic N) is 3. The molecule has 38 heavy (non-hydrogen) atoms. The summed E-state index contributed by atoms with van der Waals surface area (Å²) in [5, 5.41) is 2.76. The van der Waals surface area contributed by atoms with E-state index < -0.39 is 17.2 Å². The van der Waals surface area contributed by atoms with Crippen molar-refractivity contribution in [3.05, 3.63) is 81.1 Å². The quantitative estimate of drug-likeness (QED) is 0.338. The van der Waals surface area contributed by atoms with Crippen molar-refractivity contribution in [3.63, 3.8) is 0 Å². The number of aromatic nitrogens is 3. The molecule has 4 rings (SSSR count). The zero-order chi connectivity index (χ0) is 27.2. The van der Waals surface area contributed by atoms with Crippen LogP contribution in [-0.2, 0) is 24.3 Å². The zero-order valence-corrected chi connectivity index (χ0v) is 21.5. The van der Waals surface area contributed by atoms with Gasteiger partial charge in [-0.15, -0.1) is 0 Å². The van der Waals surface area contributed by atoms with E-state index in [4.69, 9.17) is 18.9 Å². The molecule has 0 spiro atoms. The summed E-state index contributed by atoms with van der Waals surface area (Å²) in [6.45, 7) is -0.263. The highest BCUT2D eigenvalue weighted by Crippen LogP contribution is 2.29. The van der Waals surface area contributed by atoms with Gasteiger partial charge >= 0.3 is 5.69 Å². The predicted molar refractivity (Wildman–Crippen MR) is 142 cm³/mol. The van der Waals surface area contributed by atoms with Crippen LogP contribution in [0.2, 0.25) is 0 Å². The van der Waals surface area contributed by atoms with Crippen LogP contribution < -0.4 is 35.5 Å². The molecular formula is C27H28N4O7. The van der Waals surface area contributed by atoms with Gasteiger partial charge in [0.25, 0.3) is 5.56 Å². The SMILES string of the molecule is COc1ccc(NC(=O)Cn2c(=O)n(CCc3ccc(OC)c(OC)c3)c(=O)c3ncccc32)c(OC)c1. The number of hydrogen-bond acceptors (Lipinski definition) is 8. The van der Waals surface area contributed by atoms with Crippen molar-refractivity contribution in [2.45, 2.75) is 19.5 Å². The molecular weight excluding hydrogens is 492 g/mol. The van der Waals surface area contributed by atoms with E-state index in [0.29, 0.717) is 35.1 Å². The monoisotopic (exact) mass is 520 g/mol. The van der Waals surface area contributed by atoms with Crippen molar-refractivity contribution >= 4 is 22.6 Å². The molecule has 0 aliphatic carbocycles. The van der Waals surface area contributed by atoms with Gasteiger partial charge in [0.1, 0.15) is 18.0 Å². The second kappa shape index (κ2) is 11.5. The van der Waals surface area contributed by atoms with Gasteiger partial charge in [0, 0.05) is 18.8 Å². The summed E-state index contributed by atoms with van der Waals surface area (Å²) in [6, 6.07) is 13.5. The van der Waals surface area contributed by atoms with E-state index in [-0.39, 0.29) is 24.1 Å². The molecule has 0 aliphatic heterocycles. The fourth-order valence-electron chi connectivity index (χ4n) is 4.11. The van der Waals surface area contributed by atoms with Gasteiger partial charge in [-0.1, -0.05) is 6.07 Å². The molecule has 1 amide bonds. The first-order valence-electron chi connectivity index (χ1n) is 11.7. The van der Waals surface area contributed by atoms with E-state index in [1.807, 2.05) is 6.07 Å². The van der Waals surface area contributed by atoms with Gasteiger partial charge in [0.05, 0.1) is 39.6 Å². The van der Waals surface area contributed by atoms with Crippen molar-refractivity contribution in [1.82, 2.24) is 14.1 Å². The zero-order valence-electron chi connectivity index (χ0n) is 21.5. The van der Waals surface area contributed by atoms with Gasteiger partial charge in [-0.05, 0) is 48.4 Å². The summed E-state index contributed by atoms with van der Waals surface area (Å²) in [6.07, 6.45) is 1.84. The lowest BCUT2D eigenvalue weighted by Gasteiger charge is -2.15. The van der Waals surface area contributed by atoms with Gasteiger partial charge in [-0.25, -0.2) is 9.78 Å². The number of methoxy groups -OCH3 is 4. The number of ether oxygens (including phenoxy) is 4. The number of pyridine rings is 1. The molecule has 11 heteroatoms. The van der Waals surface area contributed by atoms with Gasteiger partial charge in [-0.3, -0.25) is 18.7 Å². The lowest BCUT2D eigenvalue weighted by Crippen LogP contribution is -2.42. The van der Waals surface area contributed by atoms with Crippen molar-refractivity contribution in [2.24, 2.45) is 0 Å². The highest BCUT2D eigenvalue weighted by Gasteiger charge is 2.17. The standard InChI is InChI=1S/C27H28N4O7/c1-35-18-8-9-19(22(15-18)37-3)29-24(32)16-31-20-6-5-12-28-25(20)26(33)30(27(31)34)13-11-17-7-10-21(36-2)23(14-17)38-4/h5-10,12,14-15H,11,13,16H2,1-4H3,(H,29,32). The van der Waals surface area contributed by atoms with Crippen molar-refractivity contribution < 1.29 is 23.7 Å². The Morgan fingerprint density at radius 3 is 2.34 bits per heavy atom. The highest BCUT2D eigenvalue weighted by molar-refractivity contribution is 5.93. The third kappa shape index (κ3) is 5.31. The summed E-state index contributed by atoms with van der Waals surface area (Å²) in [4.78, 5) is 43.9. The first-order valence-corrected chi connectivity index (χ1v) is 11.7. The van der Waals surface area contributed by atoms with Gasteiger partial charge in [0.2, 0.25) is 5.91 Å². The number of fused-ring (bicyclic) bond motifs is 1. The summed E-state index contributed by atoms with van der Waals surface area (Å²) in [5.74, 6) is 1.60. The molecule has 0 bridgehead atoms. The lowest BCUT2D eigenvalue weighted by molar-refractivity contribution is -0.116. The maximum Gasteiger partial charge on any atom is 0.332 e. The van der Waals surface area contributed by atoms with E-state index >= 15 is 0 Å². The normalized spacial score (nSPS) is 10.7. The second-order valence-corrected chi connectivity index (χ2v) is 8.25. The fourth-order valence-corrected chi connectivity index (χ4v) is 4.11. The Morgan fingerprint density at radius 2 is 1.63 bits per heavy atom. The minimum atomic E-state index is -0.618. The van der Waals surface area contributed by atoms with Crippen LogP contribution in [0.3, 0.4) is 0 Å². The maximum atomic E-state index is 13.5. The highest BCUT2D eigenvalue weighted by atomic mass is 16.5. The Hall–Kier alpha value is -4.80. The average Bonchev–Trinajstić information content (AvgIpc) is 2.95. The van der Waals surface area contributed by atoms with Gasteiger partial charge < -0.3 is 24.3 Å². The first-order chi connectivity index (χ1) is 18.4. The largest absolute Gasteiger partial charge is 0.497 e. The van der Waals surface area contributed by atoms with Crippen LogP contribution in [0.25, 0.3) is 11.0 Å². The minimum absolute atomic E-state index is 0.0770. The summed E-state index contributed by atoms with van der Waals surface area (Å²) in [7, 11) is 6.08. The third-order valence-electron chi connectivity index (χ3n) is 6.04. The van der Waals surface area contributed by atoms with Crippen LogP contribution >= 0.6 is 0 Å². The van der Waals surface area contributed by atoms with Crippen molar-refractivity contribution in [1.29, 1.82) is 0 Å². The van der Waals surface area contributed by atoms with E-state index in [2.05, 4.69) is 10.3 Å². The fraction of sp³-hybridized carbons (Fsp3) is 0.259. The summed E-state index contributed by atoms with van der Waals surface area (Å²) in [5.41, 5.74) is 0.463. The molecule has 0 fully saturated rings. The van der Waals surface area contributed by atoms with E-state index in [9.17, 15) is 14.4 Å². The van der Waals surface area contributed by atoms with Crippen molar-refractivity contribution in [2.75, 3.05) is 33.8 Å². The topological polar surface area (TPSA) is 123 Å². The Balaban J connectivity index is 1.66. The molecule has 0 saturated carbocycles. The number of rotatable bonds is 10. The molecule has 2 aromatic carbocycles. The molecule has 2 heterocycles. The maximum absolute atomic E-state index is 13.5. The molecule has 0 atom stereocenters.